The Morgan fingerprint density at radius 1 is 1.18 bits per heavy atom. The molecule has 0 unspecified atom stereocenters. The molecule has 2 aliphatic heterocycles. The molecule has 0 saturated carbocycles. The zero-order valence-electron chi connectivity index (χ0n) is 21.6. The first-order chi connectivity index (χ1) is 19.2. The quantitative estimate of drug-likeness (QED) is 0.358. The number of benzene rings is 1. The number of rotatable bonds is 6. The maximum absolute atomic E-state index is 15.2. The van der Waals surface area contributed by atoms with E-state index in [4.69, 9.17) is 4.74 Å². The maximum atomic E-state index is 15.2. The number of ether oxygens (including phenoxy) is 1. The summed E-state index contributed by atoms with van der Waals surface area (Å²) in [6, 6.07) is 5.25. The van der Waals surface area contributed by atoms with Gasteiger partial charge in [0, 0.05) is 31.4 Å². The van der Waals surface area contributed by atoms with Crippen LogP contribution in [0.15, 0.2) is 30.5 Å². The molecule has 212 valence electrons. The summed E-state index contributed by atoms with van der Waals surface area (Å²) in [4.78, 5) is 19.8. The van der Waals surface area contributed by atoms with Gasteiger partial charge in [0.25, 0.3) is 12.3 Å². The van der Waals surface area contributed by atoms with Crippen molar-refractivity contribution in [1.29, 1.82) is 0 Å². The van der Waals surface area contributed by atoms with Gasteiger partial charge in [-0.05, 0) is 43.0 Å². The molecule has 1 N–H and O–H groups in total. The van der Waals surface area contributed by atoms with Crippen LogP contribution in [0.5, 0.6) is 5.88 Å². The number of nitrogens with one attached hydrogen (secondary N) is 1. The Bertz CT molecular complexity index is 1550. The summed E-state index contributed by atoms with van der Waals surface area (Å²) in [5.41, 5.74) is 2.69. The number of hydrogen-bond acceptors (Lipinski definition) is 7. The van der Waals surface area contributed by atoms with Crippen molar-refractivity contribution in [3.63, 3.8) is 0 Å². The van der Waals surface area contributed by atoms with Gasteiger partial charge < -0.3 is 19.9 Å². The van der Waals surface area contributed by atoms with Crippen molar-refractivity contribution in [3.8, 4) is 17.0 Å². The van der Waals surface area contributed by atoms with Gasteiger partial charge in [-0.15, -0.1) is 10.2 Å². The van der Waals surface area contributed by atoms with E-state index in [0.717, 1.165) is 17.5 Å². The lowest BCUT2D eigenvalue weighted by Gasteiger charge is -2.39. The van der Waals surface area contributed by atoms with Crippen molar-refractivity contribution in [3.05, 3.63) is 30.5 Å². The molecule has 3 aromatic heterocycles. The number of likely N-dealkylation sites (tertiary alicyclic amines) is 2. The summed E-state index contributed by atoms with van der Waals surface area (Å²) in [6.07, 6.45) is 0.839. The highest BCUT2D eigenvalue weighted by molar-refractivity contribution is 5.89. The third-order valence-corrected chi connectivity index (χ3v) is 7.36. The van der Waals surface area contributed by atoms with Crippen LogP contribution < -0.4 is 10.1 Å². The third kappa shape index (κ3) is 4.73. The molecule has 0 aliphatic carbocycles. The molecule has 4 aromatic rings. The molecule has 0 spiro atoms. The SMILES string of the molecule is COc1nc(N[C@@H]2CCN(C(=O)N3CCCC3)CC2(F)F)nn2ccc(-c3ccc4nnn(CC(F)F)c4c3)c12. The van der Waals surface area contributed by atoms with Crippen LogP contribution in [0.25, 0.3) is 27.7 Å². The van der Waals surface area contributed by atoms with Crippen LogP contribution in [0.2, 0.25) is 0 Å². The highest BCUT2D eigenvalue weighted by atomic mass is 19.3. The van der Waals surface area contributed by atoms with E-state index in [-0.39, 0.29) is 30.8 Å². The minimum atomic E-state index is -3.20. The molecule has 1 aromatic carbocycles. The van der Waals surface area contributed by atoms with Gasteiger partial charge in [0.2, 0.25) is 11.8 Å². The fraction of sp³-hybridized carbons (Fsp3) is 0.480. The lowest BCUT2D eigenvalue weighted by Crippen LogP contribution is -2.58. The molecule has 2 saturated heterocycles. The summed E-state index contributed by atoms with van der Waals surface area (Å²) >= 11 is 0. The van der Waals surface area contributed by atoms with Crippen LogP contribution in [-0.4, -0.2) is 97.1 Å². The lowest BCUT2D eigenvalue weighted by molar-refractivity contribution is -0.0652. The van der Waals surface area contributed by atoms with E-state index in [1.807, 2.05) is 0 Å². The van der Waals surface area contributed by atoms with Gasteiger partial charge >= 0.3 is 6.03 Å². The molecule has 15 heteroatoms. The van der Waals surface area contributed by atoms with E-state index in [1.54, 1.807) is 35.4 Å². The number of carbonyl (C=O) groups is 1. The average molecular weight is 562 g/mol. The van der Waals surface area contributed by atoms with Crippen LogP contribution in [0, 0.1) is 0 Å². The summed E-state index contributed by atoms with van der Waals surface area (Å²) < 4.78 is 64.4. The molecular formula is C25H27F4N9O2. The largest absolute Gasteiger partial charge is 0.479 e. The highest BCUT2D eigenvalue weighted by Crippen LogP contribution is 2.34. The lowest BCUT2D eigenvalue weighted by atomic mass is 10.0. The fourth-order valence-electron chi connectivity index (χ4n) is 5.37. The molecule has 6 rings (SSSR count). The second-order valence-corrected chi connectivity index (χ2v) is 9.98. The normalized spacial score (nSPS) is 19.2. The van der Waals surface area contributed by atoms with Crippen molar-refractivity contribution in [2.75, 3.05) is 38.6 Å². The van der Waals surface area contributed by atoms with E-state index >= 15 is 8.78 Å². The zero-order chi connectivity index (χ0) is 28.0. The molecule has 1 atom stereocenters. The van der Waals surface area contributed by atoms with Crippen LogP contribution >= 0.6 is 0 Å². The van der Waals surface area contributed by atoms with Crippen LogP contribution in [0.3, 0.4) is 0 Å². The Kier molecular flexibility index (Phi) is 6.58. The number of urea groups is 1. The van der Waals surface area contributed by atoms with Gasteiger partial charge in [0.15, 0.2) is 0 Å². The summed E-state index contributed by atoms with van der Waals surface area (Å²) in [6.45, 7) is 0.105. The van der Waals surface area contributed by atoms with Gasteiger partial charge in [-0.1, -0.05) is 11.3 Å². The number of aromatic nitrogens is 6. The smallest absolute Gasteiger partial charge is 0.320 e. The summed E-state index contributed by atoms with van der Waals surface area (Å²) in [5, 5.41) is 14.9. The number of carbonyl (C=O) groups excluding carboxylic acids is 1. The number of piperidine rings is 1. The van der Waals surface area contributed by atoms with Gasteiger partial charge in [0.1, 0.15) is 17.6 Å². The number of methoxy groups -OCH3 is 1. The highest BCUT2D eigenvalue weighted by Gasteiger charge is 2.47. The second-order valence-electron chi connectivity index (χ2n) is 9.98. The third-order valence-electron chi connectivity index (χ3n) is 7.36. The Morgan fingerprint density at radius 2 is 1.98 bits per heavy atom. The Hall–Kier alpha value is -4.17. The first-order valence-corrected chi connectivity index (χ1v) is 13.0. The zero-order valence-corrected chi connectivity index (χ0v) is 21.6. The number of alkyl halides is 4. The van der Waals surface area contributed by atoms with E-state index in [1.165, 1.54) is 16.5 Å². The average Bonchev–Trinajstić information content (AvgIpc) is 3.69. The van der Waals surface area contributed by atoms with Gasteiger partial charge in [0.05, 0.1) is 25.2 Å². The molecule has 0 bridgehead atoms. The number of amides is 2. The summed E-state index contributed by atoms with van der Waals surface area (Å²) in [5.74, 6) is -3.11. The van der Waals surface area contributed by atoms with Crippen LogP contribution in [0.4, 0.5) is 28.3 Å². The van der Waals surface area contributed by atoms with Crippen molar-refractivity contribution < 1.29 is 27.1 Å². The minimum Gasteiger partial charge on any atom is -0.479 e. The first kappa shape index (κ1) is 26.1. The Balaban J connectivity index is 1.25. The molecule has 2 aliphatic rings. The molecule has 2 fully saturated rings. The van der Waals surface area contributed by atoms with E-state index in [0.29, 0.717) is 40.8 Å². The maximum Gasteiger partial charge on any atom is 0.320 e. The first-order valence-electron chi connectivity index (χ1n) is 13.0. The predicted octanol–water partition coefficient (Wildman–Crippen LogP) is 3.75. The van der Waals surface area contributed by atoms with Crippen LogP contribution in [-0.2, 0) is 6.54 Å². The fourth-order valence-corrected chi connectivity index (χ4v) is 5.37. The predicted molar refractivity (Wildman–Crippen MR) is 137 cm³/mol. The van der Waals surface area contributed by atoms with Crippen molar-refractivity contribution in [1.82, 2.24) is 39.4 Å². The minimum absolute atomic E-state index is 0.0214. The van der Waals surface area contributed by atoms with Gasteiger partial charge in [-0.2, -0.15) is 4.98 Å². The van der Waals surface area contributed by atoms with Crippen LogP contribution in [0.1, 0.15) is 19.3 Å². The van der Waals surface area contributed by atoms with Gasteiger partial charge in [-0.25, -0.2) is 31.6 Å². The molecular weight excluding hydrogens is 534 g/mol. The van der Waals surface area contributed by atoms with Crippen molar-refractivity contribution in [2.45, 2.75) is 44.2 Å². The molecule has 0 radical (unpaired) electrons. The number of halogens is 4. The number of hydrogen-bond donors (Lipinski definition) is 1. The van der Waals surface area contributed by atoms with E-state index in [9.17, 15) is 13.6 Å². The second kappa shape index (κ2) is 10.1. The van der Waals surface area contributed by atoms with E-state index < -0.39 is 31.5 Å². The Morgan fingerprint density at radius 3 is 2.70 bits per heavy atom. The van der Waals surface area contributed by atoms with E-state index in [2.05, 4.69) is 25.7 Å². The number of fused-ring (bicyclic) bond motifs is 2. The molecule has 2 amide bonds. The molecule has 11 nitrogen and oxygen atoms in total. The standard InChI is InChI=1S/C25H27F4N9O2/c1-40-22-21-16(15-4-5-17-18(12-15)38(34-32-17)13-20(26)27)6-11-37(21)33-23(31-22)30-19-7-10-36(14-25(19,28)29)24(39)35-8-2-3-9-35/h4-6,11-12,19-20H,2-3,7-10,13-14H2,1H3,(H,30,33)/t19-/m1/s1. The summed E-state index contributed by atoms with van der Waals surface area (Å²) in [7, 11) is 1.41. The molecule has 40 heavy (non-hydrogen) atoms. The molecule has 5 heterocycles. The number of anilines is 1. The number of nitrogens with zero attached hydrogens (tertiary/aromatic N) is 8. The van der Waals surface area contributed by atoms with Crippen molar-refractivity contribution >= 4 is 28.5 Å². The monoisotopic (exact) mass is 561 g/mol. The topological polar surface area (TPSA) is 106 Å². The Labute approximate surface area is 225 Å². The van der Waals surface area contributed by atoms with Crippen molar-refractivity contribution in [2.24, 2.45) is 0 Å². The van der Waals surface area contributed by atoms with Gasteiger partial charge in [-0.3, -0.25) is 0 Å².